The number of amides is 1. The van der Waals surface area contributed by atoms with Crippen molar-refractivity contribution in [2.45, 2.75) is 12.8 Å². The summed E-state index contributed by atoms with van der Waals surface area (Å²) in [5.41, 5.74) is 1.34. The fraction of sp³-hybridized carbons (Fsp3) is 0.333. The van der Waals surface area contributed by atoms with Crippen molar-refractivity contribution in [3.05, 3.63) is 36.0 Å². The zero-order chi connectivity index (χ0) is 14.1. The number of aromatic nitrogens is 1. The minimum atomic E-state index is -0.977. The van der Waals surface area contributed by atoms with Crippen molar-refractivity contribution >= 4 is 22.8 Å². The molecule has 2 N–H and O–H groups in total. The number of nitrogens with zero attached hydrogens (tertiary/aromatic N) is 1. The van der Waals surface area contributed by atoms with Gasteiger partial charge in [-0.2, -0.15) is 0 Å². The van der Waals surface area contributed by atoms with E-state index in [1.165, 1.54) is 4.90 Å². The van der Waals surface area contributed by atoms with Gasteiger partial charge in [-0.05, 0) is 30.9 Å². The Morgan fingerprint density at radius 1 is 1.30 bits per heavy atom. The second-order valence-electron chi connectivity index (χ2n) is 5.29. The van der Waals surface area contributed by atoms with Crippen molar-refractivity contribution in [3.63, 3.8) is 0 Å². The highest BCUT2D eigenvalue weighted by molar-refractivity contribution is 5.99. The summed E-state index contributed by atoms with van der Waals surface area (Å²) < 4.78 is 0. The number of hydrogen-bond acceptors (Lipinski definition) is 2. The van der Waals surface area contributed by atoms with Gasteiger partial charge in [-0.25, -0.2) is 0 Å². The topological polar surface area (TPSA) is 73.4 Å². The van der Waals surface area contributed by atoms with Crippen LogP contribution in [0.1, 0.15) is 23.3 Å². The number of rotatable bonds is 5. The molecule has 0 unspecified atom stereocenters. The first kappa shape index (κ1) is 12.7. The molecule has 1 fully saturated rings. The van der Waals surface area contributed by atoms with Crippen molar-refractivity contribution in [3.8, 4) is 0 Å². The molecule has 0 radical (unpaired) electrons. The fourth-order valence-corrected chi connectivity index (χ4v) is 2.35. The Hall–Kier alpha value is -2.30. The van der Waals surface area contributed by atoms with Crippen LogP contribution in [0.2, 0.25) is 0 Å². The Morgan fingerprint density at radius 2 is 2.05 bits per heavy atom. The second-order valence-corrected chi connectivity index (χ2v) is 5.29. The van der Waals surface area contributed by atoms with Gasteiger partial charge in [-0.15, -0.1) is 0 Å². The van der Waals surface area contributed by atoms with E-state index < -0.39 is 5.97 Å². The molecule has 3 rings (SSSR count). The van der Waals surface area contributed by atoms with Gasteiger partial charge in [0.25, 0.3) is 5.91 Å². The molecule has 0 saturated heterocycles. The van der Waals surface area contributed by atoms with Crippen molar-refractivity contribution in [2.24, 2.45) is 5.92 Å². The van der Waals surface area contributed by atoms with Crippen molar-refractivity contribution < 1.29 is 14.7 Å². The molecule has 0 bridgehead atoms. The molecular formula is C15H16N2O3. The number of para-hydroxylation sites is 1. The van der Waals surface area contributed by atoms with E-state index in [2.05, 4.69) is 4.98 Å². The fourth-order valence-electron chi connectivity index (χ4n) is 2.35. The van der Waals surface area contributed by atoms with Crippen molar-refractivity contribution in [2.75, 3.05) is 13.1 Å². The molecule has 0 spiro atoms. The molecule has 0 atom stereocenters. The summed E-state index contributed by atoms with van der Waals surface area (Å²) in [6, 6.07) is 9.40. The van der Waals surface area contributed by atoms with Gasteiger partial charge >= 0.3 is 5.97 Å². The Morgan fingerprint density at radius 3 is 2.70 bits per heavy atom. The van der Waals surface area contributed by atoms with Crippen LogP contribution in [0.4, 0.5) is 0 Å². The molecule has 104 valence electrons. The van der Waals surface area contributed by atoms with Crippen LogP contribution >= 0.6 is 0 Å². The van der Waals surface area contributed by atoms with E-state index in [9.17, 15) is 9.59 Å². The van der Waals surface area contributed by atoms with Crippen LogP contribution in [0, 0.1) is 5.92 Å². The molecule has 2 aromatic rings. The first-order chi connectivity index (χ1) is 9.63. The van der Waals surface area contributed by atoms with E-state index in [0.29, 0.717) is 18.2 Å². The van der Waals surface area contributed by atoms with E-state index in [0.717, 1.165) is 23.7 Å². The van der Waals surface area contributed by atoms with E-state index in [1.54, 1.807) is 6.07 Å². The molecule has 1 aliphatic carbocycles. The molecule has 1 aromatic carbocycles. The number of carboxylic acid groups (broad SMARTS) is 1. The molecule has 1 aliphatic rings. The lowest BCUT2D eigenvalue weighted by Gasteiger charge is -2.19. The molecule has 5 nitrogen and oxygen atoms in total. The number of benzene rings is 1. The van der Waals surface area contributed by atoms with E-state index in [-0.39, 0.29) is 12.5 Å². The van der Waals surface area contributed by atoms with E-state index in [4.69, 9.17) is 5.11 Å². The van der Waals surface area contributed by atoms with Gasteiger partial charge in [0.05, 0.1) is 0 Å². The molecule has 1 saturated carbocycles. The third-order valence-corrected chi connectivity index (χ3v) is 3.55. The van der Waals surface area contributed by atoms with Crippen LogP contribution in [0.15, 0.2) is 30.3 Å². The van der Waals surface area contributed by atoms with Gasteiger partial charge in [0.2, 0.25) is 0 Å². The maximum absolute atomic E-state index is 12.4. The highest BCUT2D eigenvalue weighted by atomic mass is 16.4. The molecule has 1 heterocycles. The number of aliphatic carboxylic acids is 1. The van der Waals surface area contributed by atoms with Gasteiger partial charge in [0.15, 0.2) is 0 Å². The number of carboxylic acids is 1. The predicted octanol–water partition coefficient (Wildman–Crippen LogP) is 2.10. The van der Waals surface area contributed by atoms with Crippen LogP contribution in [0.5, 0.6) is 0 Å². The van der Waals surface area contributed by atoms with Gasteiger partial charge in [0, 0.05) is 17.4 Å². The summed E-state index contributed by atoms with van der Waals surface area (Å²) in [7, 11) is 0. The normalized spacial score (nSPS) is 14.4. The number of hydrogen-bond donors (Lipinski definition) is 2. The highest BCUT2D eigenvalue weighted by Gasteiger charge is 2.29. The number of H-pyrrole nitrogens is 1. The Balaban J connectivity index is 1.84. The number of carbonyl (C=O) groups excluding carboxylic acids is 1. The first-order valence-corrected chi connectivity index (χ1v) is 6.72. The average molecular weight is 272 g/mol. The summed E-state index contributed by atoms with van der Waals surface area (Å²) in [4.78, 5) is 27.8. The maximum atomic E-state index is 12.4. The third-order valence-electron chi connectivity index (χ3n) is 3.55. The SMILES string of the molecule is O=C(O)CN(CC1CC1)C(=O)c1cc2ccccc2[nH]1. The molecule has 20 heavy (non-hydrogen) atoms. The predicted molar refractivity (Wildman–Crippen MR) is 74.6 cm³/mol. The minimum Gasteiger partial charge on any atom is -0.480 e. The Kier molecular flexibility index (Phi) is 3.18. The monoisotopic (exact) mass is 272 g/mol. The van der Waals surface area contributed by atoms with Crippen molar-refractivity contribution in [1.29, 1.82) is 0 Å². The van der Waals surface area contributed by atoms with Crippen LogP contribution < -0.4 is 0 Å². The molecule has 0 aliphatic heterocycles. The number of nitrogens with one attached hydrogen (secondary N) is 1. The highest BCUT2D eigenvalue weighted by Crippen LogP contribution is 2.30. The molecule has 5 heteroatoms. The summed E-state index contributed by atoms with van der Waals surface area (Å²) in [5.74, 6) is -0.756. The summed E-state index contributed by atoms with van der Waals surface area (Å²) in [5, 5.41) is 9.90. The average Bonchev–Trinajstić information content (AvgIpc) is 3.12. The summed E-state index contributed by atoms with van der Waals surface area (Å²) in [6.07, 6.45) is 2.16. The van der Waals surface area contributed by atoms with E-state index in [1.807, 2.05) is 24.3 Å². The van der Waals surface area contributed by atoms with Gasteiger partial charge < -0.3 is 15.0 Å². The van der Waals surface area contributed by atoms with Crippen LogP contribution in [0.3, 0.4) is 0 Å². The van der Waals surface area contributed by atoms with Gasteiger partial charge in [-0.3, -0.25) is 9.59 Å². The first-order valence-electron chi connectivity index (χ1n) is 6.72. The quantitative estimate of drug-likeness (QED) is 0.875. The minimum absolute atomic E-state index is 0.240. The number of carbonyl (C=O) groups is 2. The van der Waals surface area contributed by atoms with Crippen molar-refractivity contribution in [1.82, 2.24) is 9.88 Å². The lowest BCUT2D eigenvalue weighted by Crippen LogP contribution is -2.37. The maximum Gasteiger partial charge on any atom is 0.323 e. The lowest BCUT2D eigenvalue weighted by molar-refractivity contribution is -0.137. The summed E-state index contributed by atoms with van der Waals surface area (Å²) in [6.45, 7) is 0.283. The number of fused-ring (bicyclic) bond motifs is 1. The Bertz CT molecular complexity index is 625. The van der Waals surface area contributed by atoms with Crippen LogP contribution in [-0.2, 0) is 4.79 Å². The molecule has 1 amide bonds. The molecular weight excluding hydrogens is 256 g/mol. The third kappa shape index (κ3) is 2.66. The smallest absolute Gasteiger partial charge is 0.323 e. The van der Waals surface area contributed by atoms with E-state index >= 15 is 0 Å². The van der Waals surface area contributed by atoms with Crippen LogP contribution in [0.25, 0.3) is 10.9 Å². The Labute approximate surface area is 116 Å². The number of aromatic amines is 1. The second kappa shape index (κ2) is 5.00. The zero-order valence-corrected chi connectivity index (χ0v) is 11.0. The zero-order valence-electron chi connectivity index (χ0n) is 11.0. The largest absolute Gasteiger partial charge is 0.480 e. The van der Waals surface area contributed by atoms with Gasteiger partial charge in [0.1, 0.15) is 12.2 Å². The lowest BCUT2D eigenvalue weighted by atomic mass is 10.2. The molecule has 1 aromatic heterocycles. The summed E-state index contributed by atoms with van der Waals surface area (Å²) >= 11 is 0. The van der Waals surface area contributed by atoms with Gasteiger partial charge in [-0.1, -0.05) is 18.2 Å². The standard InChI is InChI=1S/C15H16N2O3/c18-14(19)9-17(8-10-5-6-10)15(20)13-7-11-3-1-2-4-12(11)16-13/h1-4,7,10,16H,5-6,8-9H2,(H,18,19). The van der Waals surface area contributed by atoms with Crippen LogP contribution in [-0.4, -0.2) is 40.0 Å².